The molecule has 0 bridgehead atoms. The summed E-state index contributed by atoms with van der Waals surface area (Å²) < 4.78 is 58.6. The van der Waals surface area contributed by atoms with E-state index in [0.717, 1.165) is 12.3 Å². The van der Waals surface area contributed by atoms with Crippen molar-refractivity contribution in [2.24, 2.45) is 0 Å². The lowest BCUT2D eigenvalue weighted by Gasteiger charge is -2.14. The van der Waals surface area contributed by atoms with Crippen LogP contribution in [0.25, 0.3) is 16.9 Å². The molecule has 2 aromatic carbocycles. The minimum Gasteiger partial charge on any atom is -0.315 e. The lowest BCUT2D eigenvalue weighted by molar-refractivity contribution is -0.757. The average Bonchev–Trinajstić information content (AvgIpc) is 3.20. The minimum atomic E-state index is -3.77. The van der Waals surface area contributed by atoms with Gasteiger partial charge in [0.25, 0.3) is 5.09 Å². The van der Waals surface area contributed by atoms with Gasteiger partial charge in [-0.25, -0.2) is 13.1 Å². The summed E-state index contributed by atoms with van der Waals surface area (Å²) in [6, 6.07) is 15.5. The zero-order valence-electron chi connectivity index (χ0n) is 16.9. The fourth-order valence-electron chi connectivity index (χ4n) is 2.84. The average molecular weight is 467 g/mol. The van der Waals surface area contributed by atoms with Crippen LogP contribution in [0.3, 0.4) is 0 Å². The molecule has 3 aromatic rings. The number of sulfone groups is 1. The van der Waals surface area contributed by atoms with Crippen LogP contribution >= 0.6 is 0 Å². The number of aromatic nitrogens is 2. The van der Waals surface area contributed by atoms with Gasteiger partial charge < -0.3 is 9.57 Å². The maximum Gasteiger partial charge on any atom is 0.401 e. The quantitative estimate of drug-likeness (QED) is 0.254. The lowest BCUT2D eigenvalue weighted by atomic mass is 10.1. The summed E-state index contributed by atoms with van der Waals surface area (Å²) in [7, 11) is -3.42. The van der Waals surface area contributed by atoms with E-state index in [1.807, 2.05) is 0 Å². The molecule has 0 atom stereocenters. The number of rotatable bonds is 10. The number of ether oxygens (including phenoxy) is 1. The molecular formula is C20H19F2N3O6S. The molecule has 1 aromatic heterocycles. The molecule has 3 rings (SSSR count). The molecule has 170 valence electrons. The van der Waals surface area contributed by atoms with Gasteiger partial charge in [0.15, 0.2) is 15.5 Å². The van der Waals surface area contributed by atoms with Crippen LogP contribution in [0, 0.1) is 10.1 Å². The van der Waals surface area contributed by atoms with E-state index in [9.17, 15) is 27.3 Å². The molecule has 0 amide bonds. The van der Waals surface area contributed by atoms with Crippen molar-refractivity contribution < 1.29 is 31.9 Å². The molecule has 0 unspecified atom stereocenters. The first kappa shape index (κ1) is 23.3. The summed E-state index contributed by atoms with van der Waals surface area (Å²) in [5.41, 5.74) is 0.608. The molecular weight excluding hydrogens is 448 g/mol. The van der Waals surface area contributed by atoms with Crippen molar-refractivity contribution in [1.82, 2.24) is 9.78 Å². The van der Waals surface area contributed by atoms with Crippen LogP contribution in [0.2, 0.25) is 0 Å². The molecule has 0 saturated carbocycles. The van der Waals surface area contributed by atoms with Crippen molar-refractivity contribution in [2.45, 2.75) is 17.4 Å². The number of hydrogen-bond acceptors (Lipinski definition) is 7. The third-order valence-corrected chi connectivity index (χ3v) is 5.48. The monoisotopic (exact) mass is 467 g/mol. The fourth-order valence-corrected chi connectivity index (χ4v) is 3.47. The highest BCUT2D eigenvalue weighted by Gasteiger charge is 2.37. The van der Waals surface area contributed by atoms with Crippen LogP contribution in [0.5, 0.6) is 0 Å². The van der Waals surface area contributed by atoms with Crippen LogP contribution < -0.4 is 0 Å². The number of benzene rings is 2. The highest BCUT2D eigenvalue weighted by atomic mass is 32.2. The third-order valence-electron chi connectivity index (χ3n) is 4.36. The SMILES string of the molecule is CS(=O)(=O)c1ccc(-c2cc(C(F)(F)OCCCO[N+](=O)[O-])nn2-c2ccccc2)cc1. The number of nitrogens with zero attached hydrogens (tertiary/aromatic N) is 3. The van der Waals surface area contributed by atoms with Crippen molar-refractivity contribution in [3.05, 3.63) is 76.5 Å². The molecule has 0 fully saturated rings. The number of halogens is 2. The lowest BCUT2D eigenvalue weighted by Crippen LogP contribution is -2.21. The van der Waals surface area contributed by atoms with E-state index in [-0.39, 0.29) is 17.9 Å². The Morgan fingerprint density at radius 2 is 1.75 bits per heavy atom. The zero-order chi connectivity index (χ0) is 23.4. The Balaban J connectivity index is 1.92. The fraction of sp³-hybridized carbons (Fsp3) is 0.250. The maximum absolute atomic E-state index is 14.6. The summed E-state index contributed by atoms with van der Waals surface area (Å²) in [4.78, 5) is 14.3. The second kappa shape index (κ2) is 9.40. The largest absolute Gasteiger partial charge is 0.401 e. The molecule has 32 heavy (non-hydrogen) atoms. The van der Waals surface area contributed by atoms with Crippen LogP contribution in [0.15, 0.2) is 65.6 Å². The highest BCUT2D eigenvalue weighted by molar-refractivity contribution is 7.90. The Kier molecular flexibility index (Phi) is 6.84. The van der Waals surface area contributed by atoms with Crippen molar-refractivity contribution in [3.63, 3.8) is 0 Å². The first-order valence-corrected chi connectivity index (χ1v) is 11.2. The summed E-state index contributed by atoms with van der Waals surface area (Å²) >= 11 is 0. The Labute approximate surface area is 182 Å². The minimum absolute atomic E-state index is 0.0952. The summed E-state index contributed by atoms with van der Waals surface area (Å²) in [5, 5.41) is 13.1. The summed E-state index contributed by atoms with van der Waals surface area (Å²) in [6.45, 7) is -0.864. The molecule has 0 N–H and O–H groups in total. The van der Waals surface area contributed by atoms with Gasteiger partial charge in [-0.1, -0.05) is 30.3 Å². The van der Waals surface area contributed by atoms with E-state index in [1.165, 1.54) is 28.9 Å². The van der Waals surface area contributed by atoms with E-state index >= 15 is 0 Å². The zero-order valence-corrected chi connectivity index (χ0v) is 17.7. The van der Waals surface area contributed by atoms with Gasteiger partial charge in [0, 0.05) is 11.8 Å². The molecule has 0 aliphatic heterocycles. The van der Waals surface area contributed by atoms with Crippen molar-refractivity contribution in [1.29, 1.82) is 0 Å². The Morgan fingerprint density at radius 3 is 2.34 bits per heavy atom. The van der Waals surface area contributed by atoms with Crippen LogP contribution in [-0.2, 0) is 25.5 Å². The van der Waals surface area contributed by atoms with Gasteiger partial charge in [-0.15, -0.1) is 10.1 Å². The van der Waals surface area contributed by atoms with E-state index in [4.69, 9.17) is 0 Å². The van der Waals surface area contributed by atoms with Gasteiger partial charge in [0.1, 0.15) is 0 Å². The molecule has 1 heterocycles. The Hall–Kier alpha value is -3.38. The smallest absolute Gasteiger partial charge is 0.315 e. The van der Waals surface area contributed by atoms with Gasteiger partial charge in [0.2, 0.25) is 0 Å². The van der Waals surface area contributed by atoms with Gasteiger partial charge in [-0.2, -0.15) is 13.9 Å². The van der Waals surface area contributed by atoms with Crippen LogP contribution in [0.1, 0.15) is 12.1 Å². The normalized spacial score (nSPS) is 12.0. The molecule has 12 heteroatoms. The van der Waals surface area contributed by atoms with E-state index in [1.54, 1.807) is 30.3 Å². The number of para-hydroxylation sites is 1. The van der Waals surface area contributed by atoms with E-state index in [2.05, 4.69) is 14.7 Å². The molecule has 0 spiro atoms. The molecule has 0 aliphatic carbocycles. The Bertz CT molecular complexity index is 1180. The third kappa shape index (κ3) is 5.65. The number of hydrogen-bond donors (Lipinski definition) is 0. The van der Waals surface area contributed by atoms with Gasteiger partial charge >= 0.3 is 6.11 Å². The standard InChI is InChI=1S/C20H19F2N3O6S/c1-32(28,29)17-10-8-15(9-11-17)18-14-19(23-24(18)16-6-3-2-4-7-16)20(21,22)30-12-5-13-31-25(26)27/h2-4,6-11,14H,5,12-13H2,1H3. The second-order valence-electron chi connectivity index (χ2n) is 6.73. The summed E-state index contributed by atoms with van der Waals surface area (Å²) in [5.74, 6) is 0. The van der Waals surface area contributed by atoms with Crippen LogP contribution in [-0.4, -0.2) is 42.8 Å². The van der Waals surface area contributed by atoms with Gasteiger partial charge in [0.05, 0.1) is 29.5 Å². The van der Waals surface area contributed by atoms with E-state index < -0.39 is 33.3 Å². The number of alkyl halides is 2. The molecule has 9 nitrogen and oxygen atoms in total. The molecule has 0 aliphatic rings. The van der Waals surface area contributed by atoms with Crippen molar-refractivity contribution in [3.8, 4) is 16.9 Å². The van der Waals surface area contributed by atoms with Crippen molar-refractivity contribution >= 4 is 9.84 Å². The molecule has 0 saturated heterocycles. The predicted molar refractivity (Wildman–Crippen MR) is 110 cm³/mol. The van der Waals surface area contributed by atoms with Crippen LogP contribution in [0.4, 0.5) is 8.78 Å². The molecule has 0 radical (unpaired) electrons. The highest BCUT2D eigenvalue weighted by Crippen LogP contribution is 2.33. The predicted octanol–water partition coefficient (Wildman–Crippen LogP) is 3.61. The van der Waals surface area contributed by atoms with Gasteiger partial charge in [-0.3, -0.25) is 0 Å². The first-order chi connectivity index (χ1) is 15.1. The van der Waals surface area contributed by atoms with Crippen molar-refractivity contribution in [2.75, 3.05) is 19.5 Å². The van der Waals surface area contributed by atoms with E-state index in [0.29, 0.717) is 16.9 Å². The topological polar surface area (TPSA) is 114 Å². The maximum atomic E-state index is 14.6. The van der Waals surface area contributed by atoms with Gasteiger partial charge in [-0.05, 0) is 36.8 Å². The first-order valence-electron chi connectivity index (χ1n) is 9.33. The Morgan fingerprint density at radius 1 is 1.09 bits per heavy atom. The second-order valence-corrected chi connectivity index (χ2v) is 8.75. The summed E-state index contributed by atoms with van der Waals surface area (Å²) in [6.07, 6.45) is -2.81.